The molecule has 0 aliphatic heterocycles. The number of thioether (sulfide) groups is 1. The van der Waals surface area contributed by atoms with Crippen LogP contribution in [0.5, 0.6) is 0 Å². The molecule has 0 fully saturated rings. The molecule has 2 aromatic rings. The monoisotopic (exact) mass is 328 g/mol. The summed E-state index contributed by atoms with van der Waals surface area (Å²) >= 11 is 6.94. The third-order valence-corrected chi connectivity index (χ3v) is 4.09. The van der Waals surface area contributed by atoms with Gasteiger partial charge in [-0.3, -0.25) is 4.79 Å². The molecule has 1 N–H and O–H groups in total. The first-order valence-corrected chi connectivity index (χ1v) is 7.57. The van der Waals surface area contributed by atoms with Crippen molar-refractivity contribution in [3.05, 3.63) is 35.4 Å². The highest BCUT2D eigenvalue weighted by atomic mass is 35.5. The van der Waals surface area contributed by atoms with Gasteiger partial charge in [-0.25, -0.2) is 4.39 Å². The van der Waals surface area contributed by atoms with Gasteiger partial charge in [0, 0.05) is 11.6 Å². The minimum absolute atomic E-state index is 0.105. The van der Waals surface area contributed by atoms with Crippen LogP contribution < -0.4 is 5.32 Å². The molecule has 1 aromatic heterocycles. The van der Waals surface area contributed by atoms with E-state index >= 15 is 0 Å². The summed E-state index contributed by atoms with van der Waals surface area (Å²) in [6.45, 7) is 4.40. The number of hydrogen-bond donors (Lipinski definition) is 1. The Kier molecular flexibility index (Phi) is 5.19. The molecule has 1 aromatic carbocycles. The van der Waals surface area contributed by atoms with E-state index in [1.54, 1.807) is 13.3 Å². The SMILES string of the molecule is CCn1cnnc1S[C@@H](C)C(=O)Nc1ccc(Cl)cc1F. The molecule has 1 amide bonds. The van der Waals surface area contributed by atoms with Crippen molar-refractivity contribution in [1.82, 2.24) is 14.8 Å². The van der Waals surface area contributed by atoms with E-state index in [2.05, 4.69) is 15.5 Å². The molecule has 1 atom stereocenters. The molecular formula is C13H14ClFN4OS. The maximum atomic E-state index is 13.6. The van der Waals surface area contributed by atoms with Crippen molar-refractivity contribution in [2.75, 3.05) is 5.32 Å². The number of benzene rings is 1. The molecule has 1 heterocycles. The molecule has 8 heteroatoms. The van der Waals surface area contributed by atoms with Gasteiger partial charge in [-0.1, -0.05) is 23.4 Å². The summed E-state index contributed by atoms with van der Waals surface area (Å²) in [7, 11) is 0. The van der Waals surface area contributed by atoms with E-state index in [0.717, 1.165) is 12.6 Å². The normalized spacial score (nSPS) is 12.2. The van der Waals surface area contributed by atoms with Crippen molar-refractivity contribution in [3.8, 4) is 0 Å². The third kappa shape index (κ3) is 3.95. The summed E-state index contributed by atoms with van der Waals surface area (Å²) in [5, 5.41) is 10.8. The number of anilines is 1. The molecule has 0 saturated carbocycles. The van der Waals surface area contributed by atoms with Gasteiger partial charge in [0.05, 0.1) is 10.9 Å². The quantitative estimate of drug-likeness (QED) is 0.856. The first kappa shape index (κ1) is 15.8. The fourth-order valence-electron chi connectivity index (χ4n) is 1.59. The predicted molar refractivity (Wildman–Crippen MR) is 81.1 cm³/mol. The molecule has 0 bridgehead atoms. The van der Waals surface area contributed by atoms with Gasteiger partial charge in [-0.15, -0.1) is 10.2 Å². The Morgan fingerprint density at radius 1 is 1.57 bits per heavy atom. The van der Waals surface area contributed by atoms with Crippen LogP contribution >= 0.6 is 23.4 Å². The summed E-state index contributed by atoms with van der Waals surface area (Å²) in [5.74, 6) is -0.878. The first-order chi connectivity index (χ1) is 10.0. The Bertz CT molecular complexity index is 649. The molecular weight excluding hydrogens is 315 g/mol. The third-order valence-electron chi connectivity index (χ3n) is 2.76. The van der Waals surface area contributed by atoms with E-state index in [0.29, 0.717) is 5.16 Å². The summed E-state index contributed by atoms with van der Waals surface area (Å²) < 4.78 is 15.5. The lowest BCUT2D eigenvalue weighted by atomic mass is 10.3. The summed E-state index contributed by atoms with van der Waals surface area (Å²) in [6, 6.07) is 4.11. The van der Waals surface area contributed by atoms with Crippen molar-refractivity contribution >= 4 is 35.0 Å². The molecule has 0 unspecified atom stereocenters. The van der Waals surface area contributed by atoms with Crippen LogP contribution in [0.2, 0.25) is 5.02 Å². The van der Waals surface area contributed by atoms with E-state index in [1.807, 2.05) is 11.5 Å². The maximum Gasteiger partial charge on any atom is 0.237 e. The summed E-state index contributed by atoms with van der Waals surface area (Å²) in [6.07, 6.45) is 1.60. The Hall–Kier alpha value is -1.60. The second-order valence-corrected chi connectivity index (χ2v) is 6.02. The average Bonchev–Trinajstić information content (AvgIpc) is 2.89. The van der Waals surface area contributed by atoms with Crippen LogP contribution in [0, 0.1) is 5.82 Å². The Balaban J connectivity index is 2.02. The Morgan fingerprint density at radius 3 is 3.00 bits per heavy atom. The van der Waals surface area contributed by atoms with Gasteiger partial charge in [-0.2, -0.15) is 0 Å². The lowest BCUT2D eigenvalue weighted by molar-refractivity contribution is -0.115. The van der Waals surface area contributed by atoms with Gasteiger partial charge < -0.3 is 9.88 Å². The van der Waals surface area contributed by atoms with Crippen molar-refractivity contribution in [3.63, 3.8) is 0 Å². The Labute approximate surface area is 130 Å². The number of amides is 1. The number of carbonyl (C=O) groups is 1. The maximum absolute atomic E-state index is 13.6. The van der Waals surface area contributed by atoms with Crippen LogP contribution in [0.3, 0.4) is 0 Å². The minimum Gasteiger partial charge on any atom is -0.323 e. The standard InChI is InChI=1S/C13H14ClFN4OS/c1-3-19-7-16-18-13(19)21-8(2)12(20)17-11-5-4-9(14)6-10(11)15/h4-8H,3H2,1-2H3,(H,17,20)/t8-/m0/s1. The number of rotatable bonds is 5. The van der Waals surface area contributed by atoms with E-state index in [9.17, 15) is 9.18 Å². The second kappa shape index (κ2) is 6.91. The fraction of sp³-hybridized carbons (Fsp3) is 0.308. The molecule has 112 valence electrons. The van der Waals surface area contributed by atoms with Crippen molar-refractivity contribution < 1.29 is 9.18 Å². The van der Waals surface area contributed by atoms with E-state index < -0.39 is 11.1 Å². The van der Waals surface area contributed by atoms with Crippen LogP contribution in [0.25, 0.3) is 0 Å². The highest BCUT2D eigenvalue weighted by Gasteiger charge is 2.18. The first-order valence-electron chi connectivity index (χ1n) is 6.31. The Morgan fingerprint density at radius 2 is 2.33 bits per heavy atom. The summed E-state index contributed by atoms with van der Waals surface area (Å²) in [4.78, 5) is 12.1. The number of nitrogens with zero attached hydrogens (tertiary/aromatic N) is 3. The average molecular weight is 329 g/mol. The smallest absolute Gasteiger partial charge is 0.237 e. The van der Waals surface area contributed by atoms with Gasteiger partial charge in [0.15, 0.2) is 5.16 Å². The van der Waals surface area contributed by atoms with Gasteiger partial charge in [0.1, 0.15) is 12.1 Å². The van der Waals surface area contributed by atoms with Crippen LogP contribution in [0.15, 0.2) is 29.7 Å². The number of nitrogens with one attached hydrogen (secondary N) is 1. The highest BCUT2D eigenvalue weighted by molar-refractivity contribution is 8.00. The van der Waals surface area contributed by atoms with Crippen LogP contribution in [0.1, 0.15) is 13.8 Å². The number of aromatic nitrogens is 3. The molecule has 21 heavy (non-hydrogen) atoms. The van der Waals surface area contributed by atoms with E-state index in [-0.39, 0.29) is 16.6 Å². The second-order valence-electron chi connectivity index (χ2n) is 4.27. The van der Waals surface area contributed by atoms with Gasteiger partial charge >= 0.3 is 0 Å². The molecule has 5 nitrogen and oxygen atoms in total. The fourth-order valence-corrected chi connectivity index (χ4v) is 2.64. The van der Waals surface area contributed by atoms with Gasteiger partial charge in [0.2, 0.25) is 5.91 Å². The molecule has 0 radical (unpaired) electrons. The van der Waals surface area contributed by atoms with Gasteiger partial charge in [-0.05, 0) is 32.0 Å². The topological polar surface area (TPSA) is 59.8 Å². The molecule has 0 aliphatic carbocycles. The van der Waals surface area contributed by atoms with Crippen molar-refractivity contribution in [1.29, 1.82) is 0 Å². The summed E-state index contributed by atoms with van der Waals surface area (Å²) in [5.41, 5.74) is 0.105. The highest BCUT2D eigenvalue weighted by Crippen LogP contribution is 2.24. The molecule has 2 rings (SSSR count). The lowest BCUT2D eigenvalue weighted by Crippen LogP contribution is -2.23. The number of aryl methyl sites for hydroxylation is 1. The van der Waals surface area contributed by atoms with Crippen LogP contribution in [-0.4, -0.2) is 25.9 Å². The number of hydrogen-bond acceptors (Lipinski definition) is 4. The molecule has 0 aliphatic rings. The molecule has 0 saturated heterocycles. The van der Waals surface area contributed by atoms with E-state index in [4.69, 9.17) is 11.6 Å². The largest absolute Gasteiger partial charge is 0.323 e. The minimum atomic E-state index is -0.565. The van der Waals surface area contributed by atoms with Crippen LogP contribution in [0.4, 0.5) is 10.1 Å². The molecule has 0 spiro atoms. The lowest BCUT2D eigenvalue weighted by Gasteiger charge is -2.12. The zero-order valence-corrected chi connectivity index (χ0v) is 13.1. The zero-order chi connectivity index (χ0) is 15.4. The van der Waals surface area contributed by atoms with Crippen molar-refractivity contribution in [2.24, 2.45) is 0 Å². The van der Waals surface area contributed by atoms with Crippen LogP contribution in [-0.2, 0) is 11.3 Å². The predicted octanol–water partition coefficient (Wildman–Crippen LogP) is 3.21. The number of halogens is 2. The number of carbonyl (C=O) groups excluding carboxylic acids is 1. The van der Waals surface area contributed by atoms with E-state index in [1.165, 1.54) is 23.9 Å². The van der Waals surface area contributed by atoms with Crippen molar-refractivity contribution in [2.45, 2.75) is 30.8 Å². The zero-order valence-electron chi connectivity index (χ0n) is 11.5. The van der Waals surface area contributed by atoms with Gasteiger partial charge in [0.25, 0.3) is 0 Å².